The maximum atomic E-state index is 11.6. The molecule has 3 N–H and O–H groups in total. The molecule has 16 heavy (non-hydrogen) atoms. The molecule has 1 unspecified atom stereocenters. The topological polar surface area (TPSA) is 98.9 Å². The lowest BCUT2D eigenvalue weighted by Crippen LogP contribution is -2.40. The van der Waals surface area contributed by atoms with Gasteiger partial charge in [0.05, 0.1) is 5.92 Å². The number of hydrogen-bond donors (Lipinski definition) is 2. The monoisotopic (exact) mass is 231 g/mol. The second kappa shape index (κ2) is 5.27. The van der Waals surface area contributed by atoms with E-state index >= 15 is 0 Å². The van der Waals surface area contributed by atoms with E-state index in [1.54, 1.807) is 6.92 Å². The number of carbonyl (C=O) groups excluding carboxylic acids is 2. The largest absolute Gasteiger partial charge is 0.463 e. The summed E-state index contributed by atoms with van der Waals surface area (Å²) in [5.74, 6) is -1.90. The van der Waals surface area contributed by atoms with Crippen LogP contribution in [0.2, 0.25) is 0 Å². The van der Waals surface area contributed by atoms with Crippen molar-refractivity contribution in [1.82, 2.24) is 0 Å². The molecule has 0 radical (unpaired) electrons. The Morgan fingerprint density at radius 1 is 1.44 bits per heavy atom. The third kappa shape index (κ3) is 2.70. The van der Waals surface area contributed by atoms with Gasteiger partial charge in [-0.05, 0) is 13.3 Å². The molecule has 1 saturated heterocycles. The van der Waals surface area contributed by atoms with Crippen molar-refractivity contribution < 1.29 is 24.2 Å². The molecule has 6 nitrogen and oxygen atoms in total. The summed E-state index contributed by atoms with van der Waals surface area (Å²) in [6.07, 6.45) is -1.42. The van der Waals surface area contributed by atoms with Gasteiger partial charge in [0.1, 0.15) is 24.9 Å². The van der Waals surface area contributed by atoms with Crippen LogP contribution in [0.5, 0.6) is 0 Å². The number of aliphatic hydroxyl groups is 1. The van der Waals surface area contributed by atoms with E-state index in [2.05, 4.69) is 0 Å². The number of cyclic esters (lactones) is 2. The van der Waals surface area contributed by atoms with Crippen molar-refractivity contribution in [1.29, 1.82) is 0 Å². The molecule has 0 aromatic rings. The van der Waals surface area contributed by atoms with Gasteiger partial charge in [0.2, 0.25) is 0 Å². The van der Waals surface area contributed by atoms with Crippen LogP contribution in [-0.2, 0) is 19.1 Å². The number of aliphatic hydroxyl groups excluding tert-OH is 1. The molecule has 1 aliphatic heterocycles. The highest BCUT2D eigenvalue weighted by atomic mass is 16.6. The van der Waals surface area contributed by atoms with Crippen LogP contribution >= 0.6 is 0 Å². The van der Waals surface area contributed by atoms with Crippen LogP contribution in [0.25, 0.3) is 0 Å². The van der Waals surface area contributed by atoms with Gasteiger partial charge in [-0.2, -0.15) is 0 Å². The number of hydrogen-bond acceptors (Lipinski definition) is 6. The summed E-state index contributed by atoms with van der Waals surface area (Å²) < 4.78 is 9.77. The van der Waals surface area contributed by atoms with E-state index in [1.165, 1.54) is 6.92 Å². The summed E-state index contributed by atoms with van der Waals surface area (Å²) in [5.41, 5.74) is 5.44. The summed E-state index contributed by atoms with van der Waals surface area (Å²) in [5, 5.41) is 9.82. The zero-order valence-electron chi connectivity index (χ0n) is 9.38. The second-order valence-electron chi connectivity index (χ2n) is 3.88. The smallest absolute Gasteiger partial charge is 0.326 e. The molecule has 1 fully saturated rings. The summed E-state index contributed by atoms with van der Waals surface area (Å²) in [7, 11) is 0. The van der Waals surface area contributed by atoms with E-state index in [9.17, 15) is 14.7 Å². The second-order valence-corrected chi connectivity index (χ2v) is 3.88. The van der Waals surface area contributed by atoms with E-state index in [1.807, 2.05) is 0 Å². The Morgan fingerprint density at radius 2 is 2.06 bits per heavy atom. The molecule has 0 amide bonds. The number of carbonyl (C=O) groups is 2. The molecule has 0 spiro atoms. The van der Waals surface area contributed by atoms with Crippen molar-refractivity contribution in [3.8, 4) is 0 Å². The highest BCUT2D eigenvalue weighted by Crippen LogP contribution is 2.18. The number of ether oxygens (including phenoxy) is 2. The van der Waals surface area contributed by atoms with Crippen molar-refractivity contribution in [2.24, 2.45) is 11.7 Å². The summed E-state index contributed by atoms with van der Waals surface area (Å²) in [6.45, 7) is 3.06. The van der Waals surface area contributed by atoms with E-state index in [4.69, 9.17) is 15.2 Å². The zero-order valence-corrected chi connectivity index (χ0v) is 9.38. The fraction of sp³-hybridized carbons (Fsp3) is 0.800. The Bertz CT molecular complexity index is 280. The van der Waals surface area contributed by atoms with Gasteiger partial charge in [0.15, 0.2) is 0 Å². The predicted octanol–water partition coefficient (Wildman–Crippen LogP) is -0.811. The lowest BCUT2D eigenvalue weighted by Gasteiger charge is -2.23. The highest BCUT2D eigenvalue weighted by Gasteiger charge is 2.35. The van der Waals surface area contributed by atoms with Gasteiger partial charge in [0.25, 0.3) is 0 Å². The van der Waals surface area contributed by atoms with Crippen LogP contribution in [0.1, 0.15) is 20.3 Å². The molecular formula is C10H17NO5. The zero-order chi connectivity index (χ0) is 12.3. The first kappa shape index (κ1) is 12.9. The molecule has 6 heteroatoms. The van der Waals surface area contributed by atoms with Crippen LogP contribution in [0, 0.1) is 5.92 Å². The molecule has 0 bridgehead atoms. The minimum atomic E-state index is -1.06. The Balaban J connectivity index is 2.86. The molecular weight excluding hydrogens is 214 g/mol. The molecule has 1 rings (SSSR count). The van der Waals surface area contributed by atoms with Crippen LogP contribution in [0.15, 0.2) is 0 Å². The maximum absolute atomic E-state index is 11.6. The summed E-state index contributed by atoms with van der Waals surface area (Å²) >= 11 is 0. The molecule has 4 atom stereocenters. The number of rotatable bonds is 1. The minimum Gasteiger partial charge on any atom is -0.463 e. The lowest BCUT2D eigenvalue weighted by molar-refractivity contribution is -0.159. The van der Waals surface area contributed by atoms with E-state index in [0.29, 0.717) is 6.42 Å². The Morgan fingerprint density at radius 3 is 2.62 bits per heavy atom. The standard InChI is InChI=1S/C10H17NO5/c1-3-6-8(12)5(2)16-10(14)7(11)4-15-9(6)13/h5-8,12H,3-4,11H2,1-2H3/t5-,6+,7?,8-/m0/s1. The van der Waals surface area contributed by atoms with E-state index in [-0.39, 0.29) is 6.61 Å². The van der Waals surface area contributed by atoms with Gasteiger partial charge in [-0.15, -0.1) is 0 Å². The van der Waals surface area contributed by atoms with Crippen molar-refractivity contribution in [2.45, 2.75) is 38.5 Å². The fourth-order valence-electron chi connectivity index (χ4n) is 1.56. The van der Waals surface area contributed by atoms with Gasteiger partial charge in [-0.25, -0.2) is 0 Å². The average Bonchev–Trinajstić information content (AvgIpc) is 2.27. The van der Waals surface area contributed by atoms with E-state index in [0.717, 1.165) is 0 Å². The predicted molar refractivity (Wildman–Crippen MR) is 54.3 cm³/mol. The minimum absolute atomic E-state index is 0.215. The van der Waals surface area contributed by atoms with Gasteiger partial charge in [0, 0.05) is 0 Å². The molecule has 1 heterocycles. The van der Waals surface area contributed by atoms with Gasteiger partial charge in [-0.1, -0.05) is 6.92 Å². The first-order chi connectivity index (χ1) is 7.47. The third-order valence-electron chi connectivity index (χ3n) is 2.65. The lowest BCUT2D eigenvalue weighted by atomic mass is 9.96. The first-order valence-corrected chi connectivity index (χ1v) is 5.28. The van der Waals surface area contributed by atoms with Crippen LogP contribution in [0.3, 0.4) is 0 Å². The quantitative estimate of drug-likeness (QED) is 0.573. The number of esters is 2. The van der Waals surface area contributed by atoms with Crippen LogP contribution in [-0.4, -0.2) is 41.9 Å². The van der Waals surface area contributed by atoms with Crippen molar-refractivity contribution in [3.05, 3.63) is 0 Å². The third-order valence-corrected chi connectivity index (χ3v) is 2.65. The normalized spacial score (nSPS) is 36.8. The Hall–Kier alpha value is -1.14. The Kier molecular flexibility index (Phi) is 4.26. The molecule has 0 aromatic carbocycles. The summed E-state index contributed by atoms with van der Waals surface area (Å²) in [6, 6.07) is -0.991. The van der Waals surface area contributed by atoms with Crippen molar-refractivity contribution >= 4 is 11.9 Å². The first-order valence-electron chi connectivity index (χ1n) is 5.28. The maximum Gasteiger partial charge on any atom is 0.326 e. The SMILES string of the molecule is CC[C@H]1C(=O)OCC(N)C(=O)O[C@@H](C)[C@@H]1O. The van der Waals surface area contributed by atoms with Crippen molar-refractivity contribution in [2.75, 3.05) is 6.61 Å². The Labute approximate surface area is 93.7 Å². The molecule has 1 aliphatic rings. The van der Waals surface area contributed by atoms with Crippen LogP contribution < -0.4 is 5.73 Å². The summed E-state index contributed by atoms with van der Waals surface area (Å²) in [4.78, 5) is 22.9. The average molecular weight is 231 g/mol. The fourth-order valence-corrected chi connectivity index (χ4v) is 1.56. The van der Waals surface area contributed by atoms with Crippen LogP contribution in [0.4, 0.5) is 0 Å². The van der Waals surface area contributed by atoms with Gasteiger partial charge < -0.3 is 20.3 Å². The van der Waals surface area contributed by atoms with E-state index < -0.39 is 36.1 Å². The molecule has 0 aliphatic carbocycles. The molecule has 92 valence electrons. The number of nitrogens with two attached hydrogens (primary N) is 1. The van der Waals surface area contributed by atoms with Gasteiger partial charge in [-0.3, -0.25) is 9.59 Å². The molecule has 0 aromatic heterocycles. The van der Waals surface area contributed by atoms with Crippen molar-refractivity contribution in [3.63, 3.8) is 0 Å². The highest BCUT2D eigenvalue weighted by molar-refractivity contribution is 5.78. The van der Waals surface area contributed by atoms with Gasteiger partial charge >= 0.3 is 11.9 Å². The molecule has 0 saturated carbocycles.